The zero-order chi connectivity index (χ0) is 9.97. The van der Waals surface area contributed by atoms with Crippen molar-refractivity contribution in [2.24, 2.45) is 0 Å². The molecule has 0 fully saturated rings. The van der Waals surface area contributed by atoms with Gasteiger partial charge in [0.1, 0.15) is 11.9 Å². The van der Waals surface area contributed by atoms with Gasteiger partial charge < -0.3 is 14.8 Å². The van der Waals surface area contributed by atoms with Gasteiger partial charge in [0.15, 0.2) is 0 Å². The Balaban J connectivity index is 2.13. The summed E-state index contributed by atoms with van der Waals surface area (Å²) in [5.41, 5.74) is 0.981. The minimum atomic E-state index is -0.397. The van der Waals surface area contributed by atoms with E-state index in [2.05, 4.69) is 4.98 Å². The van der Waals surface area contributed by atoms with E-state index in [-0.39, 0.29) is 6.61 Å². The van der Waals surface area contributed by atoms with Crippen LogP contribution in [0.1, 0.15) is 36.9 Å². The highest BCUT2D eigenvalue weighted by atomic mass is 16.3. The van der Waals surface area contributed by atoms with Crippen molar-refractivity contribution in [3.63, 3.8) is 0 Å². The van der Waals surface area contributed by atoms with E-state index in [1.54, 1.807) is 0 Å². The molecule has 1 atom stereocenters. The minimum absolute atomic E-state index is 0.199. The monoisotopic (exact) mass is 196 g/mol. The molecule has 0 aromatic carbocycles. The van der Waals surface area contributed by atoms with Gasteiger partial charge in [0.25, 0.3) is 0 Å². The molecule has 4 nitrogen and oxygen atoms in total. The van der Waals surface area contributed by atoms with E-state index in [1.807, 2.05) is 10.8 Å². The highest BCUT2D eigenvalue weighted by Crippen LogP contribution is 2.24. The van der Waals surface area contributed by atoms with Gasteiger partial charge in [0.2, 0.25) is 0 Å². The van der Waals surface area contributed by atoms with E-state index in [0.717, 1.165) is 43.7 Å². The molecule has 1 aliphatic heterocycles. The third-order valence-corrected chi connectivity index (χ3v) is 2.62. The SMILES string of the molecule is OCCCc1cn2c(n1)C(O)CCC2. The van der Waals surface area contributed by atoms with Crippen molar-refractivity contribution < 1.29 is 10.2 Å². The van der Waals surface area contributed by atoms with E-state index in [4.69, 9.17) is 5.11 Å². The Kier molecular flexibility index (Phi) is 2.84. The minimum Gasteiger partial charge on any atom is -0.396 e. The van der Waals surface area contributed by atoms with Crippen LogP contribution in [0, 0.1) is 0 Å². The quantitative estimate of drug-likeness (QED) is 0.745. The number of hydrogen-bond donors (Lipinski definition) is 2. The Bertz CT molecular complexity index is 309. The van der Waals surface area contributed by atoms with E-state index < -0.39 is 6.10 Å². The average Bonchev–Trinajstić information content (AvgIpc) is 2.59. The lowest BCUT2D eigenvalue weighted by molar-refractivity contribution is 0.133. The molecule has 1 aromatic rings. The summed E-state index contributed by atoms with van der Waals surface area (Å²) in [5, 5.41) is 18.4. The number of aryl methyl sites for hydroxylation is 2. The Labute approximate surface area is 83.2 Å². The van der Waals surface area contributed by atoms with Gasteiger partial charge in [0, 0.05) is 19.3 Å². The van der Waals surface area contributed by atoms with Crippen LogP contribution < -0.4 is 0 Å². The molecule has 78 valence electrons. The number of aliphatic hydroxyl groups is 2. The lowest BCUT2D eigenvalue weighted by Crippen LogP contribution is -2.14. The second-order valence-corrected chi connectivity index (χ2v) is 3.77. The molecule has 0 spiro atoms. The van der Waals surface area contributed by atoms with Gasteiger partial charge in [-0.3, -0.25) is 0 Å². The number of nitrogens with zero attached hydrogens (tertiary/aromatic N) is 2. The zero-order valence-corrected chi connectivity index (χ0v) is 8.19. The largest absolute Gasteiger partial charge is 0.396 e. The first kappa shape index (κ1) is 9.68. The highest BCUT2D eigenvalue weighted by Gasteiger charge is 2.20. The molecule has 1 aliphatic rings. The van der Waals surface area contributed by atoms with E-state index in [0.29, 0.717) is 0 Å². The predicted octanol–water partition coefficient (Wildman–Crippen LogP) is 0.635. The third-order valence-electron chi connectivity index (χ3n) is 2.62. The van der Waals surface area contributed by atoms with Gasteiger partial charge in [-0.25, -0.2) is 4.98 Å². The summed E-state index contributed by atoms with van der Waals surface area (Å²) in [4.78, 5) is 4.37. The van der Waals surface area contributed by atoms with Crippen molar-refractivity contribution in [1.29, 1.82) is 0 Å². The Hall–Kier alpha value is -0.870. The van der Waals surface area contributed by atoms with Crippen LogP contribution in [0.5, 0.6) is 0 Å². The molecule has 4 heteroatoms. The van der Waals surface area contributed by atoms with Crippen LogP contribution in [-0.4, -0.2) is 26.4 Å². The number of hydrogen-bond acceptors (Lipinski definition) is 3. The van der Waals surface area contributed by atoms with Crippen molar-refractivity contribution in [2.45, 2.75) is 38.3 Å². The summed E-state index contributed by atoms with van der Waals surface area (Å²) < 4.78 is 2.03. The maximum atomic E-state index is 9.67. The number of fused-ring (bicyclic) bond motifs is 1. The first-order valence-electron chi connectivity index (χ1n) is 5.16. The average molecular weight is 196 g/mol. The van der Waals surface area contributed by atoms with E-state index in [9.17, 15) is 5.11 Å². The molecule has 0 radical (unpaired) electrons. The van der Waals surface area contributed by atoms with Crippen LogP contribution >= 0.6 is 0 Å². The fourth-order valence-electron chi connectivity index (χ4n) is 1.90. The molecule has 2 rings (SSSR count). The zero-order valence-electron chi connectivity index (χ0n) is 8.19. The molecule has 0 bridgehead atoms. The molecular weight excluding hydrogens is 180 g/mol. The van der Waals surface area contributed by atoms with E-state index in [1.165, 1.54) is 0 Å². The van der Waals surface area contributed by atoms with Crippen LogP contribution in [0.3, 0.4) is 0 Å². The van der Waals surface area contributed by atoms with Crippen molar-refractivity contribution in [3.05, 3.63) is 17.7 Å². The lowest BCUT2D eigenvalue weighted by Gasteiger charge is -2.18. The molecule has 1 aromatic heterocycles. The second kappa shape index (κ2) is 4.11. The Morgan fingerprint density at radius 3 is 3.14 bits per heavy atom. The molecule has 1 unspecified atom stereocenters. The maximum Gasteiger partial charge on any atom is 0.137 e. The van der Waals surface area contributed by atoms with Gasteiger partial charge >= 0.3 is 0 Å². The Morgan fingerprint density at radius 2 is 2.43 bits per heavy atom. The van der Waals surface area contributed by atoms with E-state index >= 15 is 0 Å². The summed E-state index contributed by atoms with van der Waals surface area (Å²) in [6.45, 7) is 1.16. The maximum absolute atomic E-state index is 9.67. The van der Waals surface area contributed by atoms with Crippen LogP contribution in [0.25, 0.3) is 0 Å². The normalized spacial score (nSPS) is 20.9. The molecule has 2 heterocycles. The molecule has 2 N–H and O–H groups in total. The molecule has 0 aliphatic carbocycles. The molecule has 0 saturated carbocycles. The van der Waals surface area contributed by atoms with Gasteiger partial charge in [-0.05, 0) is 25.7 Å². The predicted molar refractivity (Wildman–Crippen MR) is 51.8 cm³/mol. The van der Waals surface area contributed by atoms with Crippen molar-refractivity contribution in [1.82, 2.24) is 9.55 Å². The number of imidazole rings is 1. The molecule has 14 heavy (non-hydrogen) atoms. The summed E-state index contributed by atoms with van der Waals surface area (Å²) in [7, 11) is 0. The standard InChI is InChI=1S/C10H16N2O2/c13-6-2-3-8-7-12-5-1-4-9(14)10(12)11-8/h7,9,13-14H,1-6H2. The summed E-state index contributed by atoms with van der Waals surface area (Å²) >= 11 is 0. The topological polar surface area (TPSA) is 58.3 Å². The fraction of sp³-hybridized carbons (Fsp3) is 0.700. The first-order chi connectivity index (χ1) is 6.81. The van der Waals surface area contributed by atoms with Gasteiger partial charge in [-0.2, -0.15) is 0 Å². The van der Waals surface area contributed by atoms with Crippen molar-refractivity contribution in [2.75, 3.05) is 6.61 Å². The van der Waals surface area contributed by atoms with Crippen LogP contribution in [0.4, 0.5) is 0 Å². The molecule has 0 saturated heterocycles. The van der Waals surface area contributed by atoms with Gasteiger partial charge in [0.05, 0.1) is 5.69 Å². The van der Waals surface area contributed by atoms with Gasteiger partial charge in [-0.1, -0.05) is 0 Å². The lowest BCUT2D eigenvalue weighted by atomic mass is 10.1. The Morgan fingerprint density at radius 1 is 1.57 bits per heavy atom. The first-order valence-corrected chi connectivity index (χ1v) is 5.16. The summed E-state index contributed by atoms with van der Waals surface area (Å²) in [6, 6.07) is 0. The van der Waals surface area contributed by atoms with Gasteiger partial charge in [-0.15, -0.1) is 0 Å². The van der Waals surface area contributed by atoms with Crippen molar-refractivity contribution >= 4 is 0 Å². The number of aromatic nitrogens is 2. The smallest absolute Gasteiger partial charge is 0.137 e. The van der Waals surface area contributed by atoms with Crippen LogP contribution in [-0.2, 0) is 13.0 Å². The molecule has 0 amide bonds. The third kappa shape index (κ3) is 1.81. The molecular formula is C10H16N2O2. The van der Waals surface area contributed by atoms with Crippen LogP contribution in [0.2, 0.25) is 0 Å². The number of aliphatic hydroxyl groups excluding tert-OH is 2. The fourth-order valence-corrected chi connectivity index (χ4v) is 1.90. The number of rotatable bonds is 3. The summed E-state index contributed by atoms with van der Waals surface area (Å²) in [5.74, 6) is 0.796. The van der Waals surface area contributed by atoms with Crippen LogP contribution in [0.15, 0.2) is 6.20 Å². The summed E-state index contributed by atoms with van der Waals surface area (Å²) in [6.07, 6.45) is 4.97. The van der Waals surface area contributed by atoms with Crippen molar-refractivity contribution in [3.8, 4) is 0 Å². The highest BCUT2D eigenvalue weighted by molar-refractivity contribution is 5.08. The second-order valence-electron chi connectivity index (χ2n) is 3.77.